The summed E-state index contributed by atoms with van der Waals surface area (Å²) < 4.78 is 13.2. The Hall–Kier alpha value is -1.38. The third-order valence-electron chi connectivity index (χ3n) is 3.85. The normalized spacial score (nSPS) is 21.4. The second-order valence-corrected chi connectivity index (χ2v) is 5.70. The molecule has 2 aromatic carbocycles. The first-order valence-corrected chi connectivity index (χ1v) is 6.77. The van der Waals surface area contributed by atoms with E-state index in [1.54, 1.807) is 6.07 Å². The van der Waals surface area contributed by atoms with E-state index in [0.717, 1.165) is 41.0 Å². The summed E-state index contributed by atoms with van der Waals surface area (Å²) in [6, 6.07) is 12.7. The fourth-order valence-electron chi connectivity index (χ4n) is 2.94. The molecule has 1 aliphatic rings. The topological polar surface area (TPSA) is 26.0 Å². The molecule has 0 aromatic heterocycles. The summed E-state index contributed by atoms with van der Waals surface area (Å²) in [5, 5.41) is 0.721. The number of nitrogens with two attached hydrogens (primary N) is 1. The predicted octanol–water partition coefficient (Wildman–Crippen LogP) is 3.82. The van der Waals surface area contributed by atoms with Crippen LogP contribution < -0.4 is 5.73 Å². The monoisotopic (exact) mass is 275 g/mol. The molecular formula is C16H15ClFN. The SMILES string of the molecule is NC1(Cc2cccc(Cl)c2)CCc2cc(F)ccc21. The molecular weight excluding hydrogens is 261 g/mol. The van der Waals surface area contributed by atoms with Crippen molar-refractivity contribution < 1.29 is 4.39 Å². The van der Waals surface area contributed by atoms with Crippen molar-refractivity contribution in [2.24, 2.45) is 5.73 Å². The number of benzene rings is 2. The van der Waals surface area contributed by atoms with Crippen LogP contribution in [0.15, 0.2) is 42.5 Å². The molecule has 0 heterocycles. The maximum Gasteiger partial charge on any atom is 0.123 e. The van der Waals surface area contributed by atoms with Crippen LogP contribution in [-0.4, -0.2) is 0 Å². The summed E-state index contributed by atoms with van der Waals surface area (Å²) in [4.78, 5) is 0. The Labute approximate surface area is 117 Å². The molecule has 3 rings (SSSR count). The largest absolute Gasteiger partial charge is 0.321 e. The Morgan fingerprint density at radius 3 is 2.84 bits per heavy atom. The van der Waals surface area contributed by atoms with Crippen molar-refractivity contribution in [3.63, 3.8) is 0 Å². The molecule has 0 fully saturated rings. The van der Waals surface area contributed by atoms with E-state index in [2.05, 4.69) is 0 Å². The zero-order chi connectivity index (χ0) is 13.5. The molecule has 1 nitrogen and oxygen atoms in total. The van der Waals surface area contributed by atoms with E-state index in [1.807, 2.05) is 30.3 Å². The van der Waals surface area contributed by atoms with Crippen molar-refractivity contribution in [2.45, 2.75) is 24.8 Å². The highest BCUT2D eigenvalue weighted by Gasteiger charge is 2.35. The number of aryl methyl sites for hydroxylation is 1. The lowest BCUT2D eigenvalue weighted by Gasteiger charge is -2.25. The minimum absolute atomic E-state index is 0.189. The summed E-state index contributed by atoms with van der Waals surface area (Å²) >= 11 is 6.01. The molecule has 0 radical (unpaired) electrons. The summed E-state index contributed by atoms with van der Waals surface area (Å²) in [7, 11) is 0. The van der Waals surface area contributed by atoms with Gasteiger partial charge in [0, 0.05) is 10.6 Å². The molecule has 0 bridgehead atoms. The molecule has 2 aromatic rings. The van der Waals surface area contributed by atoms with Gasteiger partial charge in [-0.1, -0.05) is 29.8 Å². The summed E-state index contributed by atoms with van der Waals surface area (Å²) in [5.41, 5.74) is 9.34. The molecule has 3 heteroatoms. The molecule has 1 atom stereocenters. The van der Waals surface area contributed by atoms with Gasteiger partial charge in [0.2, 0.25) is 0 Å². The van der Waals surface area contributed by atoms with E-state index in [9.17, 15) is 4.39 Å². The van der Waals surface area contributed by atoms with Crippen molar-refractivity contribution in [1.82, 2.24) is 0 Å². The lowest BCUT2D eigenvalue weighted by Crippen LogP contribution is -2.36. The predicted molar refractivity (Wildman–Crippen MR) is 75.7 cm³/mol. The second-order valence-electron chi connectivity index (χ2n) is 5.26. The summed E-state index contributed by atoms with van der Waals surface area (Å²) in [6.07, 6.45) is 2.41. The van der Waals surface area contributed by atoms with E-state index < -0.39 is 5.54 Å². The quantitative estimate of drug-likeness (QED) is 0.886. The van der Waals surface area contributed by atoms with Gasteiger partial charge >= 0.3 is 0 Å². The highest BCUT2D eigenvalue weighted by molar-refractivity contribution is 6.30. The number of hydrogen-bond acceptors (Lipinski definition) is 1. The summed E-state index contributed by atoms with van der Waals surface area (Å²) in [6.45, 7) is 0. The Morgan fingerprint density at radius 1 is 1.21 bits per heavy atom. The highest BCUT2D eigenvalue weighted by atomic mass is 35.5. The van der Waals surface area contributed by atoms with Crippen molar-refractivity contribution in [1.29, 1.82) is 0 Å². The van der Waals surface area contributed by atoms with E-state index in [1.165, 1.54) is 6.07 Å². The molecule has 0 saturated carbocycles. The maximum absolute atomic E-state index is 13.2. The van der Waals surface area contributed by atoms with Gasteiger partial charge in [-0.25, -0.2) is 4.39 Å². The van der Waals surface area contributed by atoms with Crippen LogP contribution >= 0.6 is 11.6 Å². The van der Waals surface area contributed by atoms with E-state index in [-0.39, 0.29) is 5.82 Å². The average molecular weight is 276 g/mol. The van der Waals surface area contributed by atoms with E-state index in [4.69, 9.17) is 17.3 Å². The Balaban J connectivity index is 1.94. The molecule has 98 valence electrons. The van der Waals surface area contributed by atoms with Gasteiger partial charge in [0.15, 0.2) is 0 Å². The number of fused-ring (bicyclic) bond motifs is 1. The van der Waals surface area contributed by atoms with Crippen molar-refractivity contribution in [3.8, 4) is 0 Å². The van der Waals surface area contributed by atoms with Gasteiger partial charge < -0.3 is 5.73 Å². The van der Waals surface area contributed by atoms with Gasteiger partial charge in [0.05, 0.1) is 0 Å². The number of halogens is 2. The van der Waals surface area contributed by atoms with Crippen LogP contribution in [0.3, 0.4) is 0 Å². The molecule has 0 aliphatic heterocycles. The second kappa shape index (κ2) is 4.62. The lowest BCUT2D eigenvalue weighted by atomic mass is 9.86. The van der Waals surface area contributed by atoms with Crippen molar-refractivity contribution >= 4 is 11.6 Å². The Bertz CT molecular complexity index is 626. The number of rotatable bonds is 2. The molecule has 0 amide bonds. The first-order valence-electron chi connectivity index (χ1n) is 6.39. The zero-order valence-corrected chi connectivity index (χ0v) is 11.3. The molecule has 0 spiro atoms. The summed E-state index contributed by atoms with van der Waals surface area (Å²) in [5.74, 6) is -0.189. The lowest BCUT2D eigenvalue weighted by molar-refractivity contribution is 0.439. The van der Waals surface area contributed by atoms with Gasteiger partial charge in [-0.3, -0.25) is 0 Å². The highest BCUT2D eigenvalue weighted by Crippen LogP contribution is 2.37. The van der Waals surface area contributed by atoms with Gasteiger partial charge in [-0.2, -0.15) is 0 Å². The van der Waals surface area contributed by atoms with Crippen LogP contribution in [0.25, 0.3) is 0 Å². The standard InChI is InChI=1S/C16H15ClFN/c17-13-3-1-2-11(8-13)10-16(19)7-6-12-9-14(18)4-5-15(12)16/h1-5,8-9H,6-7,10,19H2. The van der Waals surface area contributed by atoms with Crippen LogP contribution in [-0.2, 0) is 18.4 Å². The Kier molecular flexibility index (Phi) is 3.08. The van der Waals surface area contributed by atoms with Crippen LogP contribution in [0.2, 0.25) is 5.02 Å². The van der Waals surface area contributed by atoms with Gasteiger partial charge in [0.25, 0.3) is 0 Å². The van der Waals surface area contributed by atoms with Crippen molar-refractivity contribution in [2.75, 3.05) is 0 Å². The molecule has 19 heavy (non-hydrogen) atoms. The molecule has 1 unspecified atom stereocenters. The third kappa shape index (κ3) is 2.38. The van der Waals surface area contributed by atoms with Gasteiger partial charge in [-0.05, 0) is 60.2 Å². The van der Waals surface area contributed by atoms with Crippen LogP contribution in [0, 0.1) is 5.82 Å². The minimum Gasteiger partial charge on any atom is -0.321 e. The number of hydrogen-bond donors (Lipinski definition) is 1. The van der Waals surface area contributed by atoms with E-state index in [0.29, 0.717) is 0 Å². The smallest absolute Gasteiger partial charge is 0.123 e. The van der Waals surface area contributed by atoms with Crippen LogP contribution in [0.4, 0.5) is 4.39 Å². The van der Waals surface area contributed by atoms with Gasteiger partial charge in [-0.15, -0.1) is 0 Å². The fraction of sp³-hybridized carbons (Fsp3) is 0.250. The van der Waals surface area contributed by atoms with Crippen molar-refractivity contribution in [3.05, 3.63) is 70.0 Å². The first-order chi connectivity index (χ1) is 9.07. The van der Waals surface area contributed by atoms with Gasteiger partial charge in [0.1, 0.15) is 5.82 Å². The third-order valence-corrected chi connectivity index (χ3v) is 4.09. The minimum atomic E-state index is -0.409. The van der Waals surface area contributed by atoms with E-state index >= 15 is 0 Å². The maximum atomic E-state index is 13.2. The van der Waals surface area contributed by atoms with Crippen LogP contribution in [0.1, 0.15) is 23.1 Å². The fourth-order valence-corrected chi connectivity index (χ4v) is 3.15. The molecule has 1 aliphatic carbocycles. The zero-order valence-electron chi connectivity index (χ0n) is 10.5. The average Bonchev–Trinajstić information content (AvgIpc) is 2.66. The molecule has 2 N–H and O–H groups in total. The first kappa shape index (κ1) is 12.6. The molecule has 0 saturated heterocycles. The van der Waals surface area contributed by atoms with Crippen LogP contribution in [0.5, 0.6) is 0 Å². The Morgan fingerprint density at radius 2 is 2.05 bits per heavy atom.